The quantitative estimate of drug-likeness (QED) is 0.686. The first kappa shape index (κ1) is 21.8. The number of imide groups is 1. The predicted octanol–water partition coefficient (Wildman–Crippen LogP) is 4.10. The van der Waals surface area contributed by atoms with Gasteiger partial charge in [0.25, 0.3) is 5.91 Å². The summed E-state index contributed by atoms with van der Waals surface area (Å²) < 4.78 is 5.43. The molecule has 3 heterocycles. The minimum absolute atomic E-state index is 0.0937. The third-order valence-corrected chi connectivity index (χ3v) is 7.82. The normalized spacial score (nSPS) is 22.8. The molecule has 2 aromatic rings. The smallest absolute Gasteiger partial charge is 0.325 e. The van der Waals surface area contributed by atoms with Gasteiger partial charge in [-0.15, -0.1) is 0 Å². The number of benzene rings is 1. The Bertz CT molecular complexity index is 967. The topological polar surface area (TPSA) is 61.9 Å². The summed E-state index contributed by atoms with van der Waals surface area (Å²) in [6.07, 6.45) is 1.78. The van der Waals surface area contributed by atoms with E-state index in [4.69, 9.17) is 4.74 Å². The van der Waals surface area contributed by atoms with Crippen molar-refractivity contribution in [3.63, 3.8) is 0 Å². The first-order valence-corrected chi connectivity index (χ1v) is 11.8. The molecule has 1 N–H and O–H groups in total. The van der Waals surface area contributed by atoms with Crippen molar-refractivity contribution in [3.8, 4) is 5.75 Å². The molecule has 2 saturated heterocycles. The minimum Gasteiger partial charge on any atom is -0.496 e. The maximum absolute atomic E-state index is 13.2. The molecule has 2 aliphatic heterocycles. The Kier molecular flexibility index (Phi) is 6.08. The van der Waals surface area contributed by atoms with Crippen LogP contribution in [0.3, 0.4) is 0 Å². The van der Waals surface area contributed by atoms with Gasteiger partial charge in [-0.05, 0) is 97.8 Å². The number of carbonyl (C=O) groups excluding carboxylic acids is 2. The summed E-state index contributed by atoms with van der Waals surface area (Å²) in [7, 11) is 1.71. The lowest BCUT2D eigenvalue weighted by molar-refractivity contribution is -0.133. The van der Waals surface area contributed by atoms with Gasteiger partial charge in [-0.1, -0.05) is 6.07 Å². The highest BCUT2D eigenvalue weighted by Crippen LogP contribution is 2.35. The van der Waals surface area contributed by atoms with E-state index in [1.165, 1.54) is 21.6 Å². The third-order valence-electron chi connectivity index (χ3n) is 7.09. The fraction of sp³-hybridized carbons (Fsp3) is 0.500. The van der Waals surface area contributed by atoms with Crippen molar-refractivity contribution in [2.75, 3.05) is 20.2 Å². The number of methoxy groups -OCH3 is 1. The van der Waals surface area contributed by atoms with Crippen molar-refractivity contribution >= 4 is 23.3 Å². The number of nitrogens with zero attached hydrogens (tertiary/aromatic N) is 2. The van der Waals surface area contributed by atoms with Gasteiger partial charge in [0, 0.05) is 6.54 Å². The molecule has 6 nitrogen and oxygen atoms in total. The number of hydrogen-bond donors (Lipinski definition) is 1. The van der Waals surface area contributed by atoms with Crippen LogP contribution in [0.1, 0.15) is 42.0 Å². The summed E-state index contributed by atoms with van der Waals surface area (Å²) in [4.78, 5) is 29.6. The van der Waals surface area contributed by atoms with Crippen molar-refractivity contribution in [1.29, 1.82) is 0 Å². The van der Waals surface area contributed by atoms with Crippen molar-refractivity contribution in [1.82, 2.24) is 15.1 Å². The Hall–Kier alpha value is -2.38. The molecular formula is C24H31N3O3S. The third kappa shape index (κ3) is 4.08. The average Bonchev–Trinajstić information content (AvgIpc) is 3.35. The number of likely N-dealkylation sites (tertiary alicyclic amines) is 1. The van der Waals surface area contributed by atoms with Crippen LogP contribution in [0, 0.1) is 19.8 Å². The minimum atomic E-state index is -0.814. The predicted molar refractivity (Wildman–Crippen MR) is 122 cm³/mol. The van der Waals surface area contributed by atoms with Crippen LogP contribution in [-0.2, 0) is 17.9 Å². The fourth-order valence-corrected chi connectivity index (χ4v) is 5.51. The van der Waals surface area contributed by atoms with Gasteiger partial charge < -0.3 is 10.1 Å². The number of urea groups is 1. The lowest BCUT2D eigenvalue weighted by Crippen LogP contribution is -2.53. The second-order valence-electron chi connectivity index (χ2n) is 8.88. The van der Waals surface area contributed by atoms with Crippen molar-refractivity contribution < 1.29 is 14.3 Å². The molecule has 0 aliphatic carbocycles. The van der Waals surface area contributed by atoms with Gasteiger partial charge in [-0.2, -0.15) is 11.3 Å². The van der Waals surface area contributed by atoms with E-state index in [9.17, 15) is 9.59 Å². The van der Waals surface area contributed by atoms with E-state index >= 15 is 0 Å². The molecule has 1 aromatic carbocycles. The molecule has 2 aliphatic rings. The molecule has 0 spiro atoms. The average molecular weight is 442 g/mol. The van der Waals surface area contributed by atoms with Crippen LogP contribution in [0.2, 0.25) is 0 Å². The molecule has 2 fully saturated rings. The number of rotatable bonds is 6. The Balaban J connectivity index is 1.39. The van der Waals surface area contributed by atoms with Gasteiger partial charge in [0.05, 0.1) is 13.7 Å². The molecule has 0 saturated carbocycles. The van der Waals surface area contributed by atoms with Crippen molar-refractivity contribution in [3.05, 3.63) is 51.2 Å². The number of hydrogen-bond acceptors (Lipinski definition) is 5. The fourth-order valence-electron chi connectivity index (χ4n) is 4.85. The zero-order valence-electron chi connectivity index (χ0n) is 18.7. The van der Waals surface area contributed by atoms with Gasteiger partial charge in [0.15, 0.2) is 0 Å². The standard InChI is InChI=1S/C24H31N3O3S/c1-16-17(2)21(30-4)6-5-19(16)14-26-10-7-20(8-11-26)24(3)22(28)27(23(29)25-24)13-18-9-12-31-15-18/h5-6,9,12,15,20H,7-8,10-11,13-14H2,1-4H3,(H,25,29)/t24-/m1/s1. The van der Waals surface area contributed by atoms with Crippen LogP contribution in [0.4, 0.5) is 4.79 Å². The Morgan fingerprint density at radius 3 is 2.52 bits per heavy atom. The van der Waals surface area contributed by atoms with Crippen LogP contribution >= 0.6 is 11.3 Å². The first-order valence-electron chi connectivity index (χ1n) is 10.8. The van der Waals surface area contributed by atoms with E-state index in [0.29, 0.717) is 6.54 Å². The highest BCUT2D eigenvalue weighted by molar-refractivity contribution is 7.07. The van der Waals surface area contributed by atoms with Crippen molar-refractivity contribution in [2.24, 2.45) is 5.92 Å². The molecule has 7 heteroatoms. The molecule has 0 bridgehead atoms. The molecule has 1 aromatic heterocycles. The Morgan fingerprint density at radius 2 is 1.87 bits per heavy atom. The van der Waals surface area contributed by atoms with Gasteiger partial charge in [0.2, 0.25) is 0 Å². The molecule has 4 rings (SSSR count). The molecule has 0 unspecified atom stereocenters. The lowest BCUT2D eigenvalue weighted by atomic mass is 9.78. The number of nitrogens with one attached hydrogen (secondary N) is 1. The number of ether oxygens (including phenoxy) is 1. The summed E-state index contributed by atoms with van der Waals surface area (Å²) in [6, 6.07) is 5.88. The van der Waals surface area contributed by atoms with E-state index in [-0.39, 0.29) is 17.9 Å². The molecule has 31 heavy (non-hydrogen) atoms. The molecule has 166 valence electrons. The number of piperidine rings is 1. The Labute approximate surface area is 188 Å². The zero-order chi connectivity index (χ0) is 22.2. The highest BCUT2D eigenvalue weighted by atomic mass is 32.1. The van der Waals surface area contributed by atoms with Gasteiger partial charge >= 0.3 is 6.03 Å². The summed E-state index contributed by atoms with van der Waals surface area (Å²) in [5, 5.41) is 6.97. The van der Waals surface area contributed by atoms with Gasteiger partial charge in [-0.25, -0.2) is 4.79 Å². The van der Waals surface area contributed by atoms with Crippen LogP contribution in [0.25, 0.3) is 0 Å². The number of amides is 3. The van der Waals surface area contributed by atoms with E-state index in [2.05, 4.69) is 30.1 Å². The maximum atomic E-state index is 13.2. The lowest BCUT2D eigenvalue weighted by Gasteiger charge is -2.39. The zero-order valence-corrected chi connectivity index (χ0v) is 19.6. The number of carbonyl (C=O) groups is 2. The van der Waals surface area contributed by atoms with Crippen LogP contribution in [0.15, 0.2) is 29.0 Å². The summed E-state index contributed by atoms with van der Waals surface area (Å²) in [6.45, 7) is 9.22. The monoisotopic (exact) mass is 441 g/mol. The number of thiophene rings is 1. The molecular weight excluding hydrogens is 410 g/mol. The summed E-state index contributed by atoms with van der Waals surface area (Å²) in [5.41, 5.74) is 3.96. The molecule has 3 amide bonds. The second-order valence-corrected chi connectivity index (χ2v) is 9.66. The van der Waals surface area contributed by atoms with E-state index < -0.39 is 5.54 Å². The molecule has 0 radical (unpaired) electrons. The van der Waals surface area contributed by atoms with Crippen LogP contribution in [-0.4, -0.2) is 47.5 Å². The van der Waals surface area contributed by atoms with E-state index in [0.717, 1.165) is 43.8 Å². The van der Waals surface area contributed by atoms with Gasteiger partial charge in [0.1, 0.15) is 11.3 Å². The molecule has 1 atom stereocenters. The van der Waals surface area contributed by atoms with Gasteiger partial charge in [-0.3, -0.25) is 14.6 Å². The highest BCUT2D eigenvalue weighted by Gasteiger charge is 2.52. The van der Waals surface area contributed by atoms with Crippen LogP contribution in [0.5, 0.6) is 5.75 Å². The van der Waals surface area contributed by atoms with E-state index in [1.54, 1.807) is 18.4 Å². The summed E-state index contributed by atoms with van der Waals surface area (Å²) >= 11 is 1.58. The summed E-state index contributed by atoms with van der Waals surface area (Å²) in [5.74, 6) is 0.977. The Morgan fingerprint density at radius 1 is 1.13 bits per heavy atom. The largest absolute Gasteiger partial charge is 0.496 e. The first-order chi connectivity index (χ1) is 14.8. The maximum Gasteiger partial charge on any atom is 0.325 e. The van der Waals surface area contributed by atoms with Crippen molar-refractivity contribution in [2.45, 2.75) is 52.2 Å². The van der Waals surface area contributed by atoms with E-state index in [1.807, 2.05) is 29.8 Å². The second kappa shape index (κ2) is 8.63. The SMILES string of the molecule is COc1ccc(CN2CCC([C@@]3(C)NC(=O)N(Cc4ccsc4)C3=O)CC2)c(C)c1C. The van der Waals surface area contributed by atoms with Crippen LogP contribution < -0.4 is 10.1 Å².